The van der Waals surface area contributed by atoms with Crippen LogP contribution in [0.1, 0.15) is 24.5 Å². The minimum atomic E-state index is -0.131. The lowest BCUT2D eigenvalue weighted by atomic mass is 10.1. The van der Waals surface area contributed by atoms with Crippen LogP contribution in [0.15, 0.2) is 65.5 Å². The molecular formula is C21H22N2O2. The summed E-state index contributed by atoms with van der Waals surface area (Å²) in [6, 6.07) is 19.5. The Morgan fingerprint density at radius 2 is 1.76 bits per heavy atom. The molecule has 0 atom stereocenters. The van der Waals surface area contributed by atoms with Crippen molar-refractivity contribution in [2.45, 2.75) is 26.3 Å². The fourth-order valence-corrected chi connectivity index (χ4v) is 2.95. The second-order valence-electron chi connectivity index (χ2n) is 6.10. The van der Waals surface area contributed by atoms with E-state index < -0.39 is 0 Å². The summed E-state index contributed by atoms with van der Waals surface area (Å²) >= 11 is 0. The number of nitrogens with one attached hydrogen (secondary N) is 1. The van der Waals surface area contributed by atoms with Crippen LogP contribution >= 0.6 is 0 Å². The van der Waals surface area contributed by atoms with E-state index in [1.165, 1.54) is 0 Å². The monoisotopic (exact) mass is 334 g/mol. The normalized spacial score (nSPS) is 10.8. The molecule has 0 aliphatic heterocycles. The molecule has 128 valence electrons. The van der Waals surface area contributed by atoms with E-state index in [4.69, 9.17) is 0 Å². The number of hydrogen-bond donors (Lipinski definition) is 1. The molecule has 1 amide bonds. The molecule has 0 aliphatic rings. The molecule has 25 heavy (non-hydrogen) atoms. The van der Waals surface area contributed by atoms with Gasteiger partial charge in [0.15, 0.2) is 0 Å². The van der Waals surface area contributed by atoms with Gasteiger partial charge in [-0.25, -0.2) is 0 Å². The maximum Gasteiger partial charge on any atom is 0.253 e. The Bertz CT molecular complexity index is 916. The number of aromatic amines is 1. The molecule has 4 nitrogen and oxygen atoms in total. The van der Waals surface area contributed by atoms with E-state index in [0.29, 0.717) is 31.5 Å². The van der Waals surface area contributed by atoms with Gasteiger partial charge in [0.05, 0.1) is 6.54 Å². The average Bonchev–Trinajstić information content (AvgIpc) is 2.65. The predicted molar refractivity (Wildman–Crippen MR) is 100 cm³/mol. The van der Waals surface area contributed by atoms with E-state index in [1.807, 2.05) is 67.6 Å². The summed E-state index contributed by atoms with van der Waals surface area (Å²) in [6.45, 7) is 2.86. The van der Waals surface area contributed by atoms with Crippen LogP contribution in [-0.4, -0.2) is 22.3 Å². The fourth-order valence-electron chi connectivity index (χ4n) is 2.95. The summed E-state index contributed by atoms with van der Waals surface area (Å²) in [5.41, 5.74) is 2.45. The number of pyridine rings is 1. The van der Waals surface area contributed by atoms with E-state index in [2.05, 4.69) is 4.98 Å². The van der Waals surface area contributed by atoms with Gasteiger partial charge >= 0.3 is 0 Å². The average molecular weight is 334 g/mol. The largest absolute Gasteiger partial charge is 0.338 e. The summed E-state index contributed by atoms with van der Waals surface area (Å²) in [5.74, 6) is 0.0684. The minimum absolute atomic E-state index is 0.0684. The highest BCUT2D eigenvalue weighted by Gasteiger charge is 2.14. The lowest BCUT2D eigenvalue weighted by Gasteiger charge is -2.21. The summed E-state index contributed by atoms with van der Waals surface area (Å²) in [6.07, 6.45) is 1.16. The van der Waals surface area contributed by atoms with Crippen molar-refractivity contribution in [2.75, 3.05) is 6.54 Å². The highest BCUT2D eigenvalue weighted by Crippen LogP contribution is 2.12. The van der Waals surface area contributed by atoms with Gasteiger partial charge in [-0.3, -0.25) is 9.59 Å². The van der Waals surface area contributed by atoms with Crippen LogP contribution in [0.3, 0.4) is 0 Å². The van der Waals surface area contributed by atoms with Gasteiger partial charge in [-0.1, -0.05) is 48.5 Å². The van der Waals surface area contributed by atoms with Crippen molar-refractivity contribution in [3.63, 3.8) is 0 Å². The van der Waals surface area contributed by atoms with E-state index in [1.54, 1.807) is 4.90 Å². The molecule has 0 spiro atoms. The first-order chi connectivity index (χ1) is 12.2. The first-order valence-electron chi connectivity index (χ1n) is 8.60. The zero-order chi connectivity index (χ0) is 17.6. The van der Waals surface area contributed by atoms with Crippen LogP contribution in [0.5, 0.6) is 0 Å². The molecule has 4 heteroatoms. The maximum atomic E-state index is 12.5. The molecule has 0 saturated heterocycles. The van der Waals surface area contributed by atoms with Gasteiger partial charge in [0.1, 0.15) is 0 Å². The number of nitrogens with zero attached hydrogens (tertiary/aromatic N) is 1. The fraction of sp³-hybridized carbons (Fsp3) is 0.238. The van der Waals surface area contributed by atoms with Crippen LogP contribution in [0.4, 0.5) is 0 Å². The van der Waals surface area contributed by atoms with Crippen molar-refractivity contribution in [1.82, 2.24) is 9.88 Å². The lowest BCUT2D eigenvalue weighted by molar-refractivity contribution is -0.131. The van der Waals surface area contributed by atoms with Crippen molar-refractivity contribution in [2.24, 2.45) is 0 Å². The topological polar surface area (TPSA) is 53.2 Å². The van der Waals surface area contributed by atoms with Crippen LogP contribution in [0.2, 0.25) is 0 Å². The number of para-hydroxylation sites is 1. The number of hydrogen-bond acceptors (Lipinski definition) is 2. The van der Waals surface area contributed by atoms with Gasteiger partial charge in [-0.15, -0.1) is 0 Å². The predicted octanol–water partition coefficient (Wildman–Crippen LogP) is 3.51. The molecule has 3 rings (SSSR count). The Morgan fingerprint density at radius 1 is 1.04 bits per heavy atom. The second kappa shape index (κ2) is 7.79. The molecule has 0 aliphatic carbocycles. The first kappa shape index (κ1) is 17.0. The smallest absolute Gasteiger partial charge is 0.253 e. The summed E-state index contributed by atoms with van der Waals surface area (Å²) in [7, 11) is 0. The number of H-pyrrole nitrogens is 1. The van der Waals surface area contributed by atoms with Gasteiger partial charge in [-0.2, -0.15) is 0 Å². The van der Waals surface area contributed by atoms with Crippen LogP contribution in [-0.2, 0) is 17.8 Å². The molecule has 1 aromatic heterocycles. The van der Waals surface area contributed by atoms with Gasteiger partial charge in [0.2, 0.25) is 5.91 Å². The zero-order valence-corrected chi connectivity index (χ0v) is 14.4. The van der Waals surface area contributed by atoms with Crippen molar-refractivity contribution in [3.8, 4) is 0 Å². The zero-order valence-electron chi connectivity index (χ0n) is 14.4. The molecule has 1 heterocycles. The van der Waals surface area contributed by atoms with Crippen molar-refractivity contribution in [3.05, 3.63) is 82.1 Å². The number of carbonyl (C=O) groups excluding carboxylic acids is 1. The molecule has 0 fully saturated rings. The third-order valence-electron chi connectivity index (χ3n) is 4.40. The van der Waals surface area contributed by atoms with E-state index in [0.717, 1.165) is 16.5 Å². The molecule has 0 saturated carbocycles. The first-order valence-corrected chi connectivity index (χ1v) is 8.60. The third kappa shape index (κ3) is 4.15. The highest BCUT2D eigenvalue weighted by atomic mass is 16.2. The summed E-state index contributed by atoms with van der Waals surface area (Å²) in [5, 5.41) is 0.977. The minimum Gasteiger partial charge on any atom is -0.338 e. The van der Waals surface area contributed by atoms with Crippen LogP contribution < -0.4 is 5.56 Å². The Kier molecular flexibility index (Phi) is 5.29. The molecule has 0 unspecified atom stereocenters. The summed E-state index contributed by atoms with van der Waals surface area (Å²) < 4.78 is 0. The third-order valence-corrected chi connectivity index (χ3v) is 4.40. The maximum absolute atomic E-state index is 12.5. The Morgan fingerprint density at radius 3 is 2.52 bits per heavy atom. The number of benzene rings is 2. The van der Waals surface area contributed by atoms with E-state index >= 15 is 0 Å². The Labute approximate surface area is 147 Å². The Hall–Kier alpha value is -2.88. The highest BCUT2D eigenvalue weighted by molar-refractivity contribution is 5.79. The van der Waals surface area contributed by atoms with Gasteiger partial charge in [-0.05, 0) is 36.4 Å². The van der Waals surface area contributed by atoms with Crippen LogP contribution in [0.25, 0.3) is 10.9 Å². The number of rotatable bonds is 6. The SMILES string of the molecule is CCN(Cc1cc2ccccc2[nH]c1=O)C(=O)CCc1ccccc1. The number of fused-ring (bicyclic) bond motifs is 1. The van der Waals surface area contributed by atoms with E-state index in [9.17, 15) is 9.59 Å². The number of aromatic nitrogens is 1. The van der Waals surface area contributed by atoms with Gasteiger partial charge < -0.3 is 9.88 Å². The quantitative estimate of drug-likeness (QED) is 0.750. The van der Waals surface area contributed by atoms with Crippen LogP contribution in [0, 0.1) is 0 Å². The van der Waals surface area contributed by atoms with Gasteiger partial charge in [0, 0.05) is 24.0 Å². The second-order valence-corrected chi connectivity index (χ2v) is 6.10. The number of aryl methyl sites for hydroxylation is 1. The van der Waals surface area contributed by atoms with Crippen molar-refractivity contribution in [1.29, 1.82) is 0 Å². The molecular weight excluding hydrogens is 312 g/mol. The number of amides is 1. The molecule has 0 radical (unpaired) electrons. The molecule has 2 aromatic carbocycles. The molecule has 0 bridgehead atoms. The number of carbonyl (C=O) groups is 1. The Balaban J connectivity index is 1.72. The van der Waals surface area contributed by atoms with Crippen molar-refractivity contribution < 1.29 is 4.79 Å². The molecule has 1 N–H and O–H groups in total. The van der Waals surface area contributed by atoms with Crippen molar-refractivity contribution >= 4 is 16.8 Å². The molecule has 3 aromatic rings. The lowest BCUT2D eigenvalue weighted by Crippen LogP contribution is -2.32. The van der Waals surface area contributed by atoms with E-state index in [-0.39, 0.29) is 11.5 Å². The standard InChI is InChI=1S/C21H22N2O2/c1-2-23(20(24)13-12-16-8-4-3-5-9-16)15-18-14-17-10-6-7-11-19(17)22-21(18)25/h3-11,14H,2,12-13,15H2,1H3,(H,22,25). The summed E-state index contributed by atoms with van der Waals surface area (Å²) in [4.78, 5) is 29.5. The van der Waals surface area contributed by atoms with Gasteiger partial charge in [0.25, 0.3) is 5.56 Å².